The predicted octanol–water partition coefficient (Wildman–Crippen LogP) is 3.22. The summed E-state index contributed by atoms with van der Waals surface area (Å²) in [7, 11) is 0. The number of hydrogen-bond donors (Lipinski definition) is 1. The van der Waals surface area contributed by atoms with Gasteiger partial charge in [0, 0.05) is 32.1 Å². The molecule has 0 bridgehead atoms. The van der Waals surface area contributed by atoms with Gasteiger partial charge in [-0.3, -0.25) is 14.5 Å². The molecule has 1 aromatic rings. The largest absolute Gasteiger partial charge is 0.418 e. The molecule has 0 spiro atoms. The van der Waals surface area contributed by atoms with Gasteiger partial charge in [-0.15, -0.1) is 0 Å². The topological polar surface area (TPSA) is 52.7 Å². The van der Waals surface area contributed by atoms with Crippen LogP contribution in [0.4, 0.5) is 18.9 Å². The van der Waals surface area contributed by atoms with Crippen LogP contribution in [0.1, 0.15) is 32.3 Å². The van der Waals surface area contributed by atoms with Crippen LogP contribution in [0, 0.1) is 5.92 Å². The fourth-order valence-corrected chi connectivity index (χ4v) is 3.23. The smallest absolute Gasteiger partial charge is 0.340 e. The lowest BCUT2D eigenvalue weighted by Gasteiger charge is -2.35. The Morgan fingerprint density at radius 2 is 1.78 bits per heavy atom. The number of rotatable bonds is 6. The highest BCUT2D eigenvalue weighted by molar-refractivity contribution is 5.93. The normalized spacial score (nSPS) is 16.9. The van der Waals surface area contributed by atoms with Crippen LogP contribution in [0.25, 0.3) is 0 Å². The maximum Gasteiger partial charge on any atom is 0.418 e. The molecule has 2 amide bonds. The quantitative estimate of drug-likeness (QED) is 0.818. The first-order valence-electron chi connectivity index (χ1n) is 9.19. The molecule has 2 rings (SSSR count). The van der Waals surface area contributed by atoms with Gasteiger partial charge in [0.25, 0.3) is 0 Å². The fourth-order valence-electron chi connectivity index (χ4n) is 3.23. The van der Waals surface area contributed by atoms with Gasteiger partial charge in [-0.2, -0.15) is 13.2 Å². The van der Waals surface area contributed by atoms with E-state index in [4.69, 9.17) is 0 Å². The zero-order valence-corrected chi connectivity index (χ0v) is 15.7. The summed E-state index contributed by atoms with van der Waals surface area (Å²) >= 11 is 0. The molecule has 1 fully saturated rings. The maximum absolute atomic E-state index is 13.0. The Bertz CT molecular complexity index is 656. The van der Waals surface area contributed by atoms with Crippen molar-refractivity contribution in [1.29, 1.82) is 0 Å². The van der Waals surface area contributed by atoms with Crippen LogP contribution in [0.2, 0.25) is 0 Å². The van der Waals surface area contributed by atoms with Crippen LogP contribution in [-0.2, 0) is 15.8 Å². The van der Waals surface area contributed by atoms with Gasteiger partial charge in [0.05, 0.1) is 17.8 Å². The van der Waals surface area contributed by atoms with Crippen molar-refractivity contribution in [2.24, 2.45) is 5.92 Å². The van der Waals surface area contributed by atoms with Gasteiger partial charge in [0.1, 0.15) is 0 Å². The molecule has 1 aromatic carbocycles. The van der Waals surface area contributed by atoms with Gasteiger partial charge in [-0.1, -0.05) is 32.4 Å². The Hall–Kier alpha value is -2.09. The van der Waals surface area contributed by atoms with Gasteiger partial charge in [-0.25, -0.2) is 0 Å². The van der Waals surface area contributed by atoms with Crippen LogP contribution in [-0.4, -0.2) is 54.3 Å². The van der Waals surface area contributed by atoms with Crippen LogP contribution in [0.5, 0.6) is 0 Å². The lowest BCUT2D eigenvalue weighted by atomic mass is 10.0. The molecule has 1 atom stereocenters. The first-order valence-corrected chi connectivity index (χ1v) is 9.19. The highest BCUT2D eigenvalue weighted by Gasteiger charge is 2.33. The summed E-state index contributed by atoms with van der Waals surface area (Å²) in [6, 6.07) is 4.92. The SMILES string of the molecule is CCCC(C)C(=O)N1CCN(CC(=O)Nc2ccccc2C(F)(F)F)CC1. The molecule has 1 saturated heterocycles. The van der Waals surface area contributed by atoms with Gasteiger partial charge >= 0.3 is 6.18 Å². The van der Waals surface area contributed by atoms with Crippen LogP contribution in [0.15, 0.2) is 24.3 Å². The number of halogens is 3. The third kappa shape index (κ3) is 5.95. The number of para-hydroxylation sites is 1. The summed E-state index contributed by atoms with van der Waals surface area (Å²) in [5.41, 5.74) is -1.10. The Balaban J connectivity index is 1.86. The molecule has 150 valence electrons. The zero-order chi connectivity index (χ0) is 20.0. The Labute approximate surface area is 157 Å². The van der Waals surface area contributed by atoms with E-state index in [-0.39, 0.29) is 24.1 Å². The second kappa shape index (κ2) is 9.21. The molecular weight excluding hydrogens is 359 g/mol. The Kier molecular flexibility index (Phi) is 7.24. The number of anilines is 1. The van der Waals surface area contributed by atoms with E-state index in [1.165, 1.54) is 18.2 Å². The summed E-state index contributed by atoms with van der Waals surface area (Å²) in [6.07, 6.45) is -2.72. The second-order valence-corrected chi connectivity index (χ2v) is 6.88. The number of alkyl halides is 3. The minimum absolute atomic E-state index is 0.00125. The van der Waals surface area contributed by atoms with E-state index >= 15 is 0 Å². The van der Waals surface area contributed by atoms with Gasteiger partial charge in [-0.05, 0) is 18.6 Å². The fraction of sp³-hybridized carbons (Fsp3) is 0.579. The van der Waals surface area contributed by atoms with E-state index in [1.807, 2.05) is 18.7 Å². The minimum Gasteiger partial charge on any atom is -0.340 e. The minimum atomic E-state index is -4.52. The average molecular weight is 385 g/mol. The summed E-state index contributed by atoms with van der Waals surface area (Å²) in [5, 5.41) is 2.35. The molecular formula is C19H26F3N3O2. The number of amides is 2. The summed E-state index contributed by atoms with van der Waals surface area (Å²) < 4.78 is 39.0. The number of piperazine rings is 1. The van der Waals surface area contributed by atoms with Crippen molar-refractivity contribution in [3.8, 4) is 0 Å². The van der Waals surface area contributed by atoms with E-state index < -0.39 is 17.6 Å². The van der Waals surface area contributed by atoms with Gasteiger partial charge < -0.3 is 10.2 Å². The Morgan fingerprint density at radius 3 is 2.37 bits per heavy atom. The van der Waals surface area contributed by atoms with E-state index in [1.54, 1.807) is 4.90 Å². The molecule has 0 saturated carbocycles. The molecule has 5 nitrogen and oxygen atoms in total. The number of nitrogens with one attached hydrogen (secondary N) is 1. The van der Waals surface area contributed by atoms with Crippen molar-refractivity contribution in [2.75, 3.05) is 38.0 Å². The van der Waals surface area contributed by atoms with Gasteiger partial charge in [0.15, 0.2) is 0 Å². The molecule has 27 heavy (non-hydrogen) atoms. The summed E-state index contributed by atoms with van der Waals surface area (Å²) in [6.45, 7) is 6.07. The molecule has 0 radical (unpaired) electrons. The molecule has 1 heterocycles. The molecule has 1 unspecified atom stereocenters. The number of nitrogens with zero attached hydrogens (tertiary/aromatic N) is 2. The molecule has 0 aliphatic carbocycles. The van der Waals surface area contributed by atoms with Crippen molar-refractivity contribution in [3.05, 3.63) is 29.8 Å². The highest BCUT2D eigenvalue weighted by atomic mass is 19.4. The van der Waals surface area contributed by atoms with E-state index in [0.717, 1.165) is 18.9 Å². The second-order valence-electron chi connectivity index (χ2n) is 6.88. The van der Waals surface area contributed by atoms with Crippen molar-refractivity contribution in [3.63, 3.8) is 0 Å². The average Bonchev–Trinajstić information content (AvgIpc) is 2.61. The molecule has 0 aromatic heterocycles. The first-order chi connectivity index (χ1) is 12.7. The first kappa shape index (κ1) is 21.2. The summed E-state index contributed by atoms with van der Waals surface area (Å²) in [5.74, 6) is -0.380. The molecule has 1 aliphatic heterocycles. The Morgan fingerprint density at radius 1 is 1.15 bits per heavy atom. The lowest BCUT2D eigenvalue weighted by Crippen LogP contribution is -2.51. The number of carbonyl (C=O) groups is 2. The van der Waals surface area contributed by atoms with Gasteiger partial charge in [0.2, 0.25) is 11.8 Å². The van der Waals surface area contributed by atoms with Crippen molar-refractivity contribution >= 4 is 17.5 Å². The number of hydrogen-bond acceptors (Lipinski definition) is 3. The lowest BCUT2D eigenvalue weighted by molar-refractivity contribution is -0.137. The highest BCUT2D eigenvalue weighted by Crippen LogP contribution is 2.34. The molecule has 1 aliphatic rings. The third-order valence-electron chi connectivity index (χ3n) is 4.70. The molecule has 8 heteroatoms. The summed E-state index contributed by atoms with van der Waals surface area (Å²) in [4.78, 5) is 28.1. The monoisotopic (exact) mass is 385 g/mol. The van der Waals surface area contributed by atoms with Crippen molar-refractivity contribution in [1.82, 2.24) is 9.80 Å². The number of carbonyl (C=O) groups excluding carboxylic acids is 2. The predicted molar refractivity (Wildman–Crippen MR) is 97.2 cm³/mol. The van der Waals surface area contributed by atoms with Crippen LogP contribution >= 0.6 is 0 Å². The number of benzene rings is 1. The van der Waals surface area contributed by atoms with Crippen LogP contribution in [0.3, 0.4) is 0 Å². The van der Waals surface area contributed by atoms with Crippen molar-refractivity contribution < 1.29 is 22.8 Å². The van der Waals surface area contributed by atoms with E-state index in [9.17, 15) is 22.8 Å². The molecule has 1 N–H and O–H groups in total. The van der Waals surface area contributed by atoms with Crippen molar-refractivity contribution in [2.45, 2.75) is 32.9 Å². The maximum atomic E-state index is 13.0. The van der Waals surface area contributed by atoms with E-state index in [2.05, 4.69) is 5.32 Å². The third-order valence-corrected chi connectivity index (χ3v) is 4.70. The van der Waals surface area contributed by atoms with Crippen LogP contribution < -0.4 is 5.32 Å². The standard InChI is InChI=1S/C19H26F3N3O2/c1-3-6-14(2)18(27)25-11-9-24(10-12-25)13-17(26)23-16-8-5-4-7-15(16)19(20,21)22/h4-5,7-8,14H,3,6,9-13H2,1-2H3,(H,23,26). The van der Waals surface area contributed by atoms with E-state index in [0.29, 0.717) is 26.2 Å². The zero-order valence-electron chi connectivity index (χ0n) is 15.7.